The molecule has 0 aliphatic carbocycles. The van der Waals surface area contributed by atoms with Gasteiger partial charge in [-0.15, -0.1) is 0 Å². The molecule has 1 heterocycles. The molecule has 0 amide bonds. The molecule has 0 radical (unpaired) electrons. The van der Waals surface area contributed by atoms with Crippen molar-refractivity contribution in [3.8, 4) is 0 Å². The van der Waals surface area contributed by atoms with Crippen LogP contribution in [-0.4, -0.2) is 46.4 Å². The molecule has 6 nitrogen and oxygen atoms in total. The number of alkyl halides is 7. The van der Waals surface area contributed by atoms with Gasteiger partial charge in [-0.1, -0.05) is 4.48 Å². The fourth-order valence-corrected chi connectivity index (χ4v) is 3.31. The molecule has 218 valence electrons. The summed E-state index contributed by atoms with van der Waals surface area (Å²) in [5.41, 5.74) is -14.5. The van der Waals surface area contributed by atoms with E-state index in [0.29, 0.717) is 0 Å². The van der Waals surface area contributed by atoms with Gasteiger partial charge >= 0.3 is 33.3 Å². The lowest BCUT2D eigenvalue weighted by molar-refractivity contribution is -0.215. The number of halogens is 16. The molecule has 1 atom stereocenters. The van der Waals surface area contributed by atoms with E-state index < -0.39 is 107 Å². The van der Waals surface area contributed by atoms with Crippen LogP contribution in [0.5, 0.6) is 0 Å². The van der Waals surface area contributed by atoms with Crippen molar-refractivity contribution in [3.05, 3.63) is 46.7 Å². The van der Waals surface area contributed by atoms with Crippen molar-refractivity contribution in [1.29, 1.82) is 0 Å². The molecule has 2 rings (SSSR count). The molecule has 0 fully saturated rings. The monoisotopic (exact) mass is 623 g/mol. The maximum Gasteiger partial charge on any atom is 0.439 e. The molecule has 0 aliphatic rings. The number of benzene rings is 1. The highest BCUT2D eigenvalue weighted by Gasteiger charge is 2.81. The van der Waals surface area contributed by atoms with Crippen LogP contribution in [0.3, 0.4) is 0 Å². The summed E-state index contributed by atoms with van der Waals surface area (Å²) in [6.45, 7) is 0. The molecule has 2 aromatic rings. The van der Waals surface area contributed by atoms with Gasteiger partial charge in [-0.25, -0.2) is 26.3 Å². The number of rotatable bonds is 8. The lowest BCUT2D eigenvalue weighted by Gasteiger charge is -2.34. The van der Waals surface area contributed by atoms with Crippen molar-refractivity contribution in [2.75, 3.05) is 0 Å². The van der Waals surface area contributed by atoms with Crippen LogP contribution >= 0.6 is 0 Å². The third kappa shape index (κ3) is 4.03. The Morgan fingerprint density at radius 3 is 1.56 bits per heavy atom. The molecule has 1 N–H and O–H groups in total. The van der Waals surface area contributed by atoms with Crippen LogP contribution in [0.1, 0.15) is 5.69 Å². The zero-order valence-electron chi connectivity index (χ0n) is 17.0. The molecule has 1 aromatic carbocycles. The highest BCUT2D eigenvalue weighted by atomic mass is 32.2. The number of hydrogen-bond donors (Lipinski definition) is 1. The first kappa shape index (κ1) is 31.8. The average Bonchev–Trinajstić information content (AvgIpc) is 3.08. The highest BCUT2D eigenvalue weighted by molar-refractivity contribution is 7.87. The van der Waals surface area contributed by atoms with Crippen molar-refractivity contribution in [2.45, 2.75) is 22.8 Å². The SMILES string of the molecule is O=C(C(F)=C(F)F)C(F)(F)C(F)(C(=O)C(F)(F)C(F)(F)S(=O)(=O)O)c1c(F)c2c(F)c(F)c(F)c(F)c2n1F. The summed E-state index contributed by atoms with van der Waals surface area (Å²) in [5, 5.41) is -10.4. The molecule has 39 heavy (non-hydrogen) atoms. The molecular weight excluding hydrogens is 622 g/mol. The maximum absolute atomic E-state index is 15.6. The van der Waals surface area contributed by atoms with E-state index in [1.807, 2.05) is 0 Å². The Balaban J connectivity index is 3.27. The summed E-state index contributed by atoms with van der Waals surface area (Å²) in [6.07, 6.45) is -4.20. The molecular formula is C16HF16NO5S. The van der Waals surface area contributed by atoms with Gasteiger partial charge in [0.05, 0.1) is 5.39 Å². The van der Waals surface area contributed by atoms with E-state index in [9.17, 15) is 84.0 Å². The van der Waals surface area contributed by atoms with E-state index in [0.717, 1.165) is 0 Å². The van der Waals surface area contributed by atoms with Gasteiger partial charge in [0.1, 0.15) is 11.2 Å². The Morgan fingerprint density at radius 1 is 0.718 bits per heavy atom. The first-order chi connectivity index (χ1) is 17.3. The maximum atomic E-state index is 15.6. The quantitative estimate of drug-likeness (QED) is 0.144. The molecule has 0 saturated heterocycles. The van der Waals surface area contributed by atoms with Crippen LogP contribution in [0.15, 0.2) is 11.9 Å². The fourth-order valence-electron chi connectivity index (χ4n) is 2.90. The normalized spacial score (nSPS) is 14.9. The van der Waals surface area contributed by atoms with Gasteiger partial charge in [0.15, 0.2) is 29.1 Å². The second kappa shape index (κ2) is 9.09. The molecule has 1 unspecified atom stereocenters. The molecule has 0 aliphatic heterocycles. The van der Waals surface area contributed by atoms with E-state index in [1.165, 1.54) is 0 Å². The highest BCUT2D eigenvalue weighted by Crippen LogP contribution is 2.53. The summed E-state index contributed by atoms with van der Waals surface area (Å²) >= 11 is 0. The predicted molar refractivity (Wildman–Crippen MR) is 87.8 cm³/mol. The minimum Gasteiger partial charge on any atom is -0.288 e. The van der Waals surface area contributed by atoms with Crippen LogP contribution in [0.4, 0.5) is 70.3 Å². The number of nitrogens with zero attached hydrogens (tertiary/aromatic N) is 1. The second-order valence-electron chi connectivity index (χ2n) is 6.95. The van der Waals surface area contributed by atoms with E-state index in [1.54, 1.807) is 0 Å². The summed E-state index contributed by atoms with van der Waals surface area (Å²) in [7, 11) is -7.73. The van der Waals surface area contributed by atoms with Crippen molar-refractivity contribution in [1.82, 2.24) is 4.79 Å². The van der Waals surface area contributed by atoms with Gasteiger partial charge < -0.3 is 0 Å². The topological polar surface area (TPSA) is 93.4 Å². The van der Waals surface area contributed by atoms with E-state index in [2.05, 4.69) is 0 Å². The molecule has 0 bridgehead atoms. The van der Waals surface area contributed by atoms with E-state index >= 15 is 4.39 Å². The predicted octanol–water partition coefficient (Wildman–Crippen LogP) is 5.20. The van der Waals surface area contributed by atoms with Crippen molar-refractivity contribution in [2.24, 2.45) is 0 Å². The van der Waals surface area contributed by atoms with Crippen molar-refractivity contribution < 1.29 is 92.9 Å². The van der Waals surface area contributed by atoms with Crippen molar-refractivity contribution in [3.63, 3.8) is 0 Å². The summed E-state index contributed by atoms with van der Waals surface area (Å²) in [5.74, 6) is -45.8. The molecule has 0 saturated carbocycles. The summed E-state index contributed by atoms with van der Waals surface area (Å²) < 4.78 is 252. The third-order valence-corrected chi connectivity index (χ3v) is 5.66. The standard InChI is InChI=1S/C16HF16NO5S/c17-2-1-3(18)9(33(32)8(1)6(21)5(20)4(2)19)13(25,14(26,27)10(34)7(22)11(23)24)12(35)15(28,29)16(30,31)39(36,37)38/h(H,36,37,38). The number of aromatic nitrogens is 1. The first-order valence-electron chi connectivity index (χ1n) is 8.58. The number of ketones is 2. The smallest absolute Gasteiger partial charge is 0.288 e. The lowest BCUT2D eigenvalue weighted by Crippen LogP contribution is -2.64. The van der Waals surface area contributed by atoms with Gasteiger partial charge in [0.2, 0.25) is 5.83 Å². The van der Waals surface area contributed by atoms with E-state index in [4.69, 9.17) is 4.55 Å². The number of carbonyl (C=O) groups excluding carboxylic acids is 2. The lowest BCUT2D eigenvalue weighted by atomic mass is 9.83. The molecule has 0 spiro atoms. The molecule has 23 heteroatoms. The Hall–Kier alpha value is -3.37. The number of allylic oxidation sites excluding steroid dienone is 1. The zero-order chi connectivity index (χ0) is 31.0. The number of fused-ring (bicyclic) bond motifs is 1. The number of carbonyl (C=O) groups is 2. The van der Waals surface area contributed by atoms with Crippen LogP contribution in [0.2, 0.25) is 0 Å². The minimum atomic E-state index is -7.73. The zero-order valence-corrected chi connectivity index (χ0v) is 17.8. The Labute approximate surface area is 200 Å². The first-order valence-corrected chi connectivity index (χ1v) is 10.0. The van der Waals surface area contributed by atoms with E-state index in [-0.39, 0.29) is 0 Å². The third-order valence-electron chi connectivity index (χ3n) is 4.76. The number of Topliss-reactive ketones (excluding diaryl/α,β-unsaturated/α-hetero) is 2. The van der Waals surface area contributed by atoms with Crippen LogP contribution < -0.4 is 0 Å². The van der Waals surface area contributed by atoms with Crippen LogP contribution in [0.25, 0.3) is 10.9 Å². The van der Waals surface area contributed by atoms with Crippen LogP contribution in [0, 0.1) is 29.1 Å². The van der Waals surface area contributed by atoms with Crippen molar-refractivity contribution >= 4 is 32.6 Å². The van der Waals surface area contributed by atoms with Gasteiger partial charge in [0.25, 0.3) is 17.2 Å². The second-order valence-corrected chi connectivity index (χ2v) is 8.42. The summed E-state index contributed by atoms with van der Waals surface area (Å²) in [4.78, 5) is 20.8. The fraction of sp³-hybridized carbons (Fsp3) is 0.250. The average molecular weight is 623 g/mol. The van der Waals surface area contributed by atoms with Gasteiger partial charge in [0, 0.05) is 0 Å². The Kier molecular flexibility index (Phi) is 7.42. The minimum absolute atomic E-state index is 2.61. The van der Waals surface area contributed by atoms with Gasteiger partial charge in [-0.05, 0) is 0 Å². The Morgan fingerprint density at radius 2 is 1.15 bits per heavy atom. The molecule has 1 aromatic heterocycles. The number of hydrogen-bond acceptors (Lipinski definition) is 4. The van der Waals surface area contributed by atoms with Gasteiger partial charge in [-0.2, -0.15) is 52.7 Å². The Bertz CT molecular complexity index is 1510. The van der Waals surface area contributed by atoms with Crippen LogP contribution in [-0.2, 0) is 25.4 Å². The largest absolute Gasteiger partial charge is 0.439 e. The summed E-state index contributed by atoms with van der Waals surface area (Å²) in [6, 6.07) is 0. The van der Waals surface area contributed by atoms with Gasteiger partial charge in [-0.3, -0.25) is 14.1 Å².